The molecule has 0 atom stereocenters. The molecule has 0 saturated carbocycles. The van der Waals surface area contributed by atoms with Crippen molar-refractivity contribution < 1.29 is 23.7 Å². The number of nitrogen functional groups attached to an aromatic ring is 2. The Bertz CT molecular complexity index is 2190. The van der Waals surface area contributed by atoms with Gasteiger partial charge in [0, 0.05) is 24.2 Å². The van der Waals surface area contributed by atoms with E-state index in [2.05, 4.69) is 29.8 Å². The Hall–Kier alpha value is -5.93. The van der Waals surface area contributed by atoms with Gasteiger partial charge in [0.15, 0.2) is 34.3 Å². The van der Waals surface area contributed by atoms with Gasteiger partial charge in [0.1, 0.15) is 5.52 Å². The predicted molar refractivity (Wildman–Crippen MR) is 194 cm³/mol. The zero-order chi connectivity index (χ0) is 34.5. The molecule has 16 heteroatoms. The summed E-state index contributed by atoms with van der Waals surface area (Å²) in [6.07, 6.45) is 0. The van der Waals surface area contributed by atoms with E-state index in [-0.39, 0.29) is 35.4 Å². The standard InChI is InChI=1S/C19H21N5O3.C15H14N4O3.ClH/c1-25-15-6-3-12(11-16(15)26-2)13-4-5-14-17(21-13)18(23-19(20)22-14)24-7-9-27-10-8-24;1-21-11-6-3-8(7-12(11)22-2)9-4-5-10-13(17-9)14(20)19-15(16)18-10;/h3-6,11H,7-10H2,1-2H3,(H2,20,22,23);3-7H,1-2H3,(H3,16,18,19,20);1H. The number of halogens is 1. The third kappa shape index (κ3) is 7.38. The number of aromatic amines is 1. The molecule has 4 aromatic heterocycles. The summed E-state index contributed by atoms with van der Waals surface area (Å²) in [5.74, 6) is 3.59. The van der Waals surface area contributed by atoms with E-state index < -0.39 is 0 Å². The summed E-state index contributed by atoms with van der Waals surface area (Å²) in [5, 5.41) is 0. The molecule has 1 aliphatic heterocycles. The van der Waals surface area contributed by atoms with Crippen LogP contribution in [0.15, 0.2) is 65.5 Å². The molecule has 1 fully saturated rings. The van der Waals surface area contributed by atoms with Gasteiger partial charge in [0.2, 0.25) is 11.9 Å². The molecule has 0 aliphatic carbocycles. The average molecular weight is 702 g/mol. The van der Waals surface area contributed by atoms with E-state index in [1.54, 1.807) is 52.7 Å². The van der Waals surface area contributed by atoms with Crippen LogP contribution in [-0.4, -0.2) is 84.6 Å². The van der Waals surface area contributed by atoms with E-state index in [9.17, 15) is 4.79 Å². The number of pyridine rings is 2. The summed E-state index contributed by atoms with van der Waals surface area (Å²) in [6, 6.07) is 18.4. The zero-order valence-corrected chi connectivity index (χ0v) is 28.6. The molecule has 6 aromatic rings. The van der Waals surface area contributed by atoms with Gasteiger partial charge in [-0.2, -0.15) is 4.98 Å². The number of ether oxygens (including phenoxy) is 5. The number of nitrogens with one attached hydrogen (secondary N) is 1. The Balaban J connectivity index is 0.000000195. The molecule has 0 spiro atoms. The van der Waals surface area contributed by atoms with E-state index in [0.717, 1.165) is 41.2 Å². The highest BCUT2D eigenvalue weighted by Crippen LogP contribution is 2.34. The minimum absolute atomic E-state index is 0. The second-order valence-electron chi connectivity index (χ2n) is 10.7. The number of morpholine rings is 1. The number of hydrogen-bond acceptors (Lipinski definition) is 14. The number of rotatable bonds is 7. The van der Waals surface area contributed by atoms with Gasteiger partial charge >= 0.3 is 0 Å². The van der Waals surface area contributed by atoms with Gasteiger partial charge < -0.3 is 40.1 Å². The second-order valence-corrected chi connectivity index (χ2v) is 10.7. The highest BCUT2D eigenvalue weighted by Gasteiger charge is 2.19. The van der Waals surface area contributed by atoms with Crippen LogP contribution in [0.4, 0.5) is 17.7 Å². The molecule has 0 unspecified atom stereocenters. The number of benzene rings is 2. The zero-order valence-electron chi connectivity index (χ0n) is 27.8. The normalized spacial score (nSPS) is 12.4. The Morgan fingerprint density at radius 1 is 0.660 bits per heavy atom. The average Bonchev–Trinajstić information content (AvgIpc) is 3.14. The third-order valence-corrected chi connectivity index (χ3v) is 7.78. The Labute approximate surface area is 293 Å². The molecule has 2 aromatic carbocycles. The number of nitrogens with two attached hydrogens (primary N) is 2. The summed E-state index contributed by atoms with van der Waals surface area (Å²) in [5.41, 5.74) is 16.3. The van der Waals surface area contributed by atoms with Crippen LogP contribution in [0.2, 0.25) is 0 Å². The Morgan fingerprint density at radius 3 is 1.72 bits per heavy atom. The quantitative estimate of drug-likeness (QED) is 0.215. The van der Waals surface area contributed by atoms with Crippen LogP contribution in [0, 0.1) is 0 Å². The first-order valence-electron chi connectivity index (χ1n) is 15.2. The molecule has 0 bridgehead atoms. The van der Waals surface area contributed by atoms with Crippen LogP contribution in [-0.2, 0) is 4.74 Å². The maximum Gasteiger partial charge on any atom is 0.278 e. The molecule has 0 radical (unpaired) electrons. The van der Waals surface area contributed by atoms with E-state index in [4.69, 9.17) is 40.1 Å². The van der Waals surface area contributed by atoms with Crippen LogP contribution in [0.3, 0.4) is 0 Å². The number of nitrogens with zero attached hydrogens (tertiary/aromatic N) is 6. The van der Waals surface area contributed by atoms with Crippen molar-refractivity contribution >= 4 is 52.2 Å². The van der Waals surface area contributed by atoms with E-state index in [1.807, 2.05) is 36.4 Å². The molecule has 5 N–H and O–H groups in total. The fraction of sp³-hybridized carbons (Fsp3) is 0.235. The summed E-state index contributed by atoms with van der Waals surface area (Å²) in [6.45, 7) is 2.79. The van der Waals surface area contributed by atoms with Crippen molar-refractivity contribution in [2.75, 3.05) is 71.1 Å². The summed E-state index contributed by atoms with van der Waals surface area (Å²) >= 11 is 0. The first-order chi connectivity index (χ1) is 23.8. The van der Waals surface area contributed by atoms with Crippen molar-refractivity contribution in [3.8, 4) is 45.5 Å². The van der Waals surface area contributed by atoms with Crippen LogP contribution in [0.1, 0.15) is 0 Å². The van der Waals surface area contributed by atoms with E-state index in [1.165, 1.54) is 0 Å². The van der Waals surface area contributed by atoms with Crippen molar-refractivity contribution in [1.82, 2.24) is 29.9 Å². The largest absolute Gasteiger partial charge is 0.493 e. The monoisotopic (exact) mass is 701 g/mol. The predicted octanol–water partition coefficient (Wildman–Crippen LogP) is 4.13. The fourth-order valence-corrected chi connectivity index (χ4v) is 5.37. The molecular weight excluding hydrogens is 666 g/mol. The van der Waals surface area contributed by atoms with Crippen molar-refractivity contribution in [3.05, 3.63) is 71.0 Å². The lowest BCUT2D eigenvalue weighted by Gasteiger charge is -2.28. The SMILES string of the molecule is COc1ccc(-c2ccc3nc(N)[nH]c(=O)c3n2)cc1OC.COc1ccc(-c2ccc3nc(N)nc(N4CCOCC4)c3n2)cc1OC.Cl. The van der Waals surface area contributed by atoms with Crippen LogP contribution in [0.5, 0.6) is 23.0 Å². The lowest BCUT2D eigenvalue weighted by molar-refractivity contribution is 0.122. The van der Waals surface area contributed by atoms with Gasteiger partial charge in [-0.25, -0.2) is 19.9 Å². The Kier molecular flexibility index (Phi) is 11.0. The summed E-state index contributed by atoms with van der Waals surface area (Å²) in [7, 11) is 6.36. The number of fused-ring (bicyclic) bond motifs is 2. The molecule has 7 rings (SSSR count). The van der Waals surface area contributed by atoms with Crippen molar-refractivity contribution in [1.29, 1.82) is 0 Å². The lowest BCUT2D eigenvalue weighted by atomic mass is 10.1. The lowest BCUT2D eigenvalue weighted by Crippen LogP contribution is -2.37. The molecule has 50 heavy (non-hydrogen) atoms. The first kappa shape index (κ1) is 35.4. The molecule has 1 aliphatic rings. The molecule has 260 valence electrons. The fourth-order valence-electron chi connectivity index (χ4n) is 5.37. The number of H-pyrrole nitrogens is 1. The summed E-state index contributed by atoms with van der Waals surface area (Å²) < 4.78 is 26.6. The first-order valence-corrected chi connectivity index (χ1v) is 15.2. The highest BCUT2D eigenvalue weighted by molar-refractivity contribution is 5.89. The second kappa shape index (κ2) is 15.5. The van der Waals surface area contributed by atoms with Crippen molar-refractivity contribution in [3.63, 3.8) is 0 Å². The maximum absolute atomic E-state index is 11.9. The molecule has 5 heterocycles. The van der Waals surface area contributed by atoms with Gasteiger partial charge in [0.05, 0.1) is 64.1 Å². The van der Waals surface area contributed by atoms with Crippen LogP contribution < -0.4 is 40.9 Å². The van der Waals surface area contributed by atoms with Crippen LogP contribution >= 0.6 is 12.4 Å². The highest BCUT2D eigenvalue weighted by atomic mass is 35.5. The van der Waals surface area contributed by atoms with Gasteiger partial charge in [0.25, 0.3) is 5.56 Å². The molecule has 1 saturated heterocycles. The van der Waals surface area contributed by atoms with Gasteiger partial charge in [-0.15, -0.1) is 12.4 Å². The smallest absolute Gasteiger partial charge is 0.278 e. The number of hydrogen-bond donors (Lipinski definition) is 3. The number of anilines is 3. The van der Waals surface area contributed by atoms with Crippen molar-refractivity contribution in [2.24, 2.45) is 0 Å². The van der Waals surface area contributed by atoms with Gasteiger partial charge in [-0.1, -0.05) is 0 Å². The topological polar surface area (TPSA) is 199 Å². The molecule has 15 nitrogen and oxygen atoms in total. The minimum Gasteiger partial charge on any atom is -0.493 e. The maximum atomic E-state index is 11.9. The summed E-state index contributed by atoms with van der Waals surface area (Å²) in [4.78, 5) is 38.5. The number of methoxy groups -OCH3 is 4. The van der Waals surface area contributed by atoms with E-state index in [0.29, 0.717) is 52.9 Å². The number of aromatic nitrogens is 6. The van der Waals surface area contributed by atoms with Crippen molar-refractivity contribution in [2.45, 2.75) is 0 Å². The van der Waals surface area contributed by atoms with Gasteiger partial charge in [-0.05, 0) is 60.7 Å². The molecular formula is C34H36ClN9O6. The minimum atomic E-state index is -0.371. The van der Waals surface area contributed by atoms with Gasteiger partial charge in [-0.3, -0.25) is 9.78 Å². The Morgan fingerprint density at radius 2 is 1.18 bits per heavy atom. The van der Waals surface area contributed by atoms with E-state index >= 15 is 0 Å². The van der Waals surface area contributed by atoms with Crippen LogP contribution in [0.25, 0.3) is 44.6 Å². The molecule has 0 amide bonds. The third-order valence-electron chi connectivity index (χ3n) is 7.78.